The summed E-state index contributed by atoms with van der Waals surface area (Å²) in [5.41, 5.74) is 0.189. The van der Waals surface area contributed by atoms with Crippen LogP contribution in [0.4, 0.5) is 5.82 Å². The van der Waals surface area contributed by atoms with E-state index in [1.807, 2.05) is 13.8 Å². The second kappa shape index (κ2) is 11.8. The number of carbonyl (C=O) groups excluding carboxylic acids is 1. The van der Waals surface area contributed by atoms with Gasteiger partial charge in [-0.3, -0.25) is 9.48 Å². The van der Waals surface area contributed by atoms with Crippen molar-refractivity contribution in [1.29, 1.82) is 0 Å². The topological polar surface area (TPSA) is 124 Å². The minimum atomic E-state index is -4.14. The average Bonchev–Trinajstić information content (AvgIpc) is 3.54. The molecule has 1 amide bonds. The van der Waals surface area contributed by atoms with Crippen LogP contribution in [0, 0.1) is 12.8 Å². The minimum Gasteiger partial charge on any atom is -0.467 e. The summed E-state index contributed by atoms with van der Waals surface area (Å²) in [7, 11) is -3.37. The van der Waals surface area contributed by atoms with Gasteiger partial charge in [0.1, 0.15) is 16.7 Å². The average molecular weight is 596 g/mol. The minimum absolute atomic E-state index is 0. The summed E-state index contributed by atoms with van der Waals surface area (Å²) in [5.74, 6) is 1.60. The van der Waals surface area contributed by atoms with Crippen LogP contribution in [0.1, 0.15) is 58.5 Å². The smallest absolute Gasteiger partial charge is 0.268 e. The standard InChI is InChI=1S/C25H37N7O4S2.C2H6.H2/c1-17-13-25(3,4)31(14-17)23-19(24(33)29-38(34,35)20-15-30(5)27-18(20)2)9-10-21(26-23)32-12-11-22(28-32)36-16-37(6,7)8;1-2;/h9-12,15,17H,13-14,16H2,1-8H3,(H,29,33);1-2H3;1H/t17-;;/m0../s1. The van der Waals surface area contributed by atoms with Crippen LogP contribution in [-0.4, -0.2) is 75.7 Å². The van der Waals surface area contributed by atoms with Crippen molar-refractivity contribution in [1.82, 2.24) is 29.3 Å². The van der Waals surface area contributed by atoms with Crippen LogP contribution >= 0.6 is 10.0 Å². The Morgan fingerprint density at radius 3 is 2.40 bits per heavy atom. The van der Waals surface area contributed by atoms with Crippen molar-refractivity contribution in [3.63, 3.8) is 0 Å². The number of sulfonamides is 1. The highest BCUT2D eigenvalue weighted by molar-refractivity contribution is 8.32. The lowest BCUT2D eigenvalue weighted by Gasteiger charge is -2.34. The molecule has 3 aromatic rings. The van der Waals surface area contributed by atoms with Crippen LogP contribution < -0.4 is 14.4 Å². The molecular weight excluding hydrogens is 550 g/mol. The largest absolute Gasteiger partial charge is 0.467 e. The number of rotatable bonds is 8. The first-order chi connectivity index (χ1) is 18.6. The van der Waals surface area contributed by atoms with Crippen molar-refractivity contribution in [2.75, 3.05) is 36.2 Å². The molecule has 0 spiro atoms. The van der Waals surface area contributed by atoms with Gasteiger partial charge in [0.2, 0.25) is 5.88 Å². The molecule has 4 heterocycles. The van der Waals surface area contributed by atoms with Crippen LogP contribution in [0.3, 0.4) is 0 Å². The molecule has 1 fully saturated rings. The van der Waals surface area contributed by atoms with Gasteiger partial charge in [0, 0.05) is 39.0 Å². The third-order valence-electron chi connectivity index (χ3n) is 6.28. The lowest BCUT2D eigenvalue weighted by molar-refractivity contribution is 0.0981. The Balaban J connectivity index is 0.00000192. The number of carbonyl (C=O) groups is 1. The van der Waals surface area contributed by atoms with Crippen molar-refractivity contribution in [3.05, 3.63) is 41.9 Å². The fourth-order valence-corrected chi connectivity index (χ4v) is 6.39. The van der Waals surface area contributed by atoms with Crippen molar-refractivity contribution in [3.8, 4) is 11.7 Å². The van der Waals surface area contributed by atoms with E-state index in [4.69, 9.17) is 9.72 Å². The van der Waals surface area contributed by atoms with E-state index in [1.54, 1.807) is 43.0 Å². The maximum Gasteiger partial charge on any atom is 0.268 e. The summed E-state index contributed by atoms with van der Waals surface area (Å²) in [6.07, 6.45) is 10.5. The van der Waals surface area contributed by atoms with Crippen molar-refractivity contribution < 1.29 is 19.4 Å². The lowest BCUT2D eigenvalue weighted by atomic mass is 9.97. The predicted octanol–water partition coefficient (Wildman–Crippen LogP) is 4.36. The molecule has 4 rings (SSSR count). The SMILES string of the molecule is CC.Cc1nn(C)cc1S(=O)(=O)NC(=O)c1ccc(-n2ccc(OCS(C)(C)C)n2)nc1N1C[C@@H](C)CC1(C)C.[HH]. The predicted molar refractivity (Wildman–Crippen MR) is 163 cm³/mol. The summed E-state index contributed by atoms with van der Waals surface area (Å²) in [6, 6.07) is 5.02. The number of nitrogens with zero attached hydrogens (tertiary/aromatic N) is 6. The second-order valence-electron chi connectivity index (χ2n) is 11.4. The Bertz CT molecular complexity index is 1460. The third kappa shape index (κ3) is 7.17. The van der Waals surface area contributed by atoms with E-state index in [1.165, 1.54) is 10.9 Å². The van der Waals surface area contributed by atoms with Crippen LogP contribution in [-0.2, 0) is 17.1 Å². The monoisotopic (exact) mass is 595 g/mol. The fraction of sp³-hybridized carbons (Fsp3) is 0.556. The van der Waals surface area contributed by atoms with Crippen molar-refractivity contribution >= 4 is 31.8 Å². The Hall–Kier alpha value is -3.06. The molecule has 0 bridgehead atoms. The first kappa shape index (κ1) is 31.5. The lowest BCUT2D eigenvalue weighted by Crippen LogP contribution is -2.41. The molecule has 1 saturated heterocycles. The second-order valence-corrected chi connectivity index (χ2v) is 17.5. The molecular formula is C27H45N7O4S2. The molecule has 0 saturated carbocycles. The highest BCUT2D eigenvalue weighted by atomic mass is 32.3. The number of anilines is 1. The van der Waals surface area contributed by atoms with Gasteiger partial charge < -0.3 is 9.64 Å². The number of aryl methyl sites for hydroxylation is 2. The number of amides is 1. The van der Waals surface area contributed by atoms with Gasteiger partial charge in [-0.15, -0.1) is 5.10 Å². The van der Waals surface area contributed by atoms with Crippen LogP contribution in [0.5, 0.6) is 5.88 Å². The van der Waals surface area contributed by atoms with E-state index in [0.29, 0.717) is 41.6 Å². The highest BCUT2D eigenvalue weighted by Gasteiger charge is 2.39. The molecule has 0 aliphatic carbocycles. The van der Waals surface area contributed by atoms with E-state index in [9.17, 15) is 13.2 Å². The summed E-state index contributed by atoms with van der Waals surface area (Å²) in [6.45, 7) is 12.6. The molecule has 0 aromatic carbocycles. The van der Waals surface area contributed by atoms with Gasteiger partial charge in [-0.05, 0) is 64.0 Å². The molecule has 3 aromatic heterocycles. The van der Waals surface area contributed by atoms with E-state index in [2.05, 4.69) is 59.4 Å². The molecule has 0 radical (unpaired) electrons. The van der Waals surface area contributed by atoms with E-state index >= 15 is 0 Å². The molecule has 11 nitrogen and oxygen atoms in total. The summed E-state index contributed by atoms with van der Waals surface area (Å²) in [5, 5.41) is 8.60. The molecule has 224 valence electrons. The Labute approximate surface area is 241 Å². The van der Waals surface area contributed by atoms with E-state index in [-0.39, 0.29) is 17.4 Å². The number of aromatic nitrogens is 5. The first-order valence-electron chi connectivity index (χ1n) is 13.3. The van der Waals surface area contributed by atoms with Gasteiger partial charge in [-0.1, -0.05) is 20.8 Å². The van der Waals surface area contributed by atoms with Gasteiger partial charge in [0.25, 0.3) is 15.9 Å². The quantitative estimate of drug-likeness (QED) is 0.408. The van der Waals surface area contributed by atoms with Gasteiger partial charge in [-0.25, -0.2) is 32.8 Å². The molecule has 13 heteroatoms. The first-order valence-corrected chi connectivity index (χ1v) is 17.8. The normalized spacial score (nSPS) is 17.2. The van der Waals surface area contributed by atoms with Gasteiger partial charge >= 0.3 is 0 Å². The number of hydrogen-bond donors (Lipinski definition) is 1. The maximum absolute atomic E-state index is 13.4. The summed E-state index contributed by atoms with van der Waals surface area (Å²) >= 11 is 0. The third-order valence-corrected chi connectivity index (χ3v) is 8.54. The zero-order valence-corrected chi connectivity index (χ0v) is 26.9. The van der Waals surface area contributed by atoms with Gasteiger partial charge in [0.05, 0.1) is 11.3 Å². The highest BCUT2D eigenvalue weighted by Crippen LogP contribution is 2.38. The molecule has 1 aliphatic heterocycles. The number of pyridine rings is 1. The number of ether oxygens (including phenoxy) is 1. The Kier molecular flexibility index (Phi) is 9.29. The van der Waals surface area contributed by atoms with E-state index in [0.717, 1.165) is 6.42 Å². The molecule has 1 N–H and O–H groups in total. The molecule has 0 unspecified atom stereocenters. The Morgan fingerprint density at radius 2 is 1.85 bits per heavy atom. The summed E-state index contributed by atoms with van der Waals surface area (Å²) < 4.78 is 37.1. The molecule has 1 aliphatic rings. The van der Waals surface area contributed by atoms with Crippen LogP contribution in [0.2, 0.25) is 0 Å². The zero-order valence-electron chi connectivity index (χ0n) is 25.2. The summed E-state index contributed by atoms with van der Waals surface area (Å²) in [4.78, 5) is 20.3. The van der Waals surface area contributed by atoms with Gasteiger partial charge in [0.15, 0.2) is 5.82 Å². The van der Waals surface area contributed by atoms with Crippen LogP contribution in [0.15, 0.2) is 35.5 Å². The Morgan fingerprint density at radius 1 is 1.18 bits per heavy atom. The maximum atomic E-state index is 13.4. The molecule has 40 heavy (non-hydrogen) atoms. The van der Waals surface area contributed by atoms with Crippen molar-refractivity contribution in [2.45, 2.75) is 58.4 Å². The van der Waals surface area contributed by atoms with Crippen LogP contribution in [0.25, 0.3) is 5.82 Å². The molecule has 1 atom stereocenters. The van der Waals surface area contributed by atoms with Crippen molar-refractivity contribution in [2.24, 2.45) is 13.0 Å². The van der Waals surface area contributed by atoms with Gasteiger partial charge in [-0.2, -0.15) is 5.10 Å². The fourth-order valence-electron chi connectivity index (χ4n) is 4.73. The number of nitrogens with one attached hydrogen (secondary N) is 1. The zero-order chi connectivity index (χ0) is 30.0. The van der Waals surface area contributed by atoms with E-state index < -0.39 is 26.0 Å². The number of hydrogen-bond acceptors (Lipinski definition) is 8.